The van der Waals surface area contributed by atoms with E-state index in [1.165, 1.54) is 22.8 Å². The van der Waals surface area contributed by atoms with Crippen molar-refractivity contribution in [1.82, 2.24) is 5.32 Å². The number of aryl methyl sites for hydroxylation is 2. The summed E-state index contributed by atoms with van der Waals surface area (Å²) in [5.74, 6) is -0.191. The van der Waals surface area contributed by atoms with Crippen LogP contribution in [0.25, 0.3) is 0 Å². The number of likely N-dealkylation sites (N-methyl/N-ethyl adjacent to an activating group) is 1. The van der Waals surface area contributed by atoms with Crippen LogP contribution < -0.4 is 5.32 Å². The van der Waals surface area contributed by atoms with Crippen LogP contribution in [0.3, 0.4) is 0 Å². The summed E-state index contributed by atoms with van der Waals surface area (Å²) in [5.41, 5.74) is 4.80. The lowest BCUT2D eigenvalue weighted by molar-refractivity contribution is 0.543. The largest absolute Gasteiger partial charge is 0.310 e. The van der Waals surface area contributed by atoms with Gasteiger partial charge in [-0.1, -0.05) is 46.6 Å². The Morgan fingerprint density at radius 2 is 1.90 bits per heavy atom. The van der Waals surface area contributed by atoms with Crippen LogP contribution in [0.5, 0.6) is 0 Å². The Balaban J connectivity index is 2.32. The SMILES string of the molecule is CCNC(Cc1cc(F)ccc1Br)c1ccc(C)cc1C. The second-order valence-electron chi connectivity index (χ2n) is 5.41. The summed E-state index contributed by atoms with van der Waals surface area (Å²) < 4.78 is 14.4. The van der Waals surface area contributed by atoms with E-state index in [1.807, 2.05) is 0 Å². The fourth-order valence-corrected chi connectivity index (χ4v) is 3.08. The lowest BCUT2D eigenvalue weighted by Crippen LogP contribution is -2.24. The van der Waals surface area contributed by atoms with Gasteiger partial charge in [-0.3, -0.25) is 0 Å². The second-order valence-corrected chi connectivity index (χ2v) is 6.26. The molecular formula is C18H21BrFN. The number of benzene rings is 2. The van der Waals surface area contributed by atoms with Crippen LogP contribution in [0, 0.1) is 19.7 Å². The Kier molecular flexibility index (Phi) is 5.54. The third-order valence-electron chi connectivity index (χ3n) is 3.68. The van der Waals surface area contributed by atoms with E-state index in [2.05, 4.69) is 60.2 Å². The zero-order chi connectivity index (χ0) is 15.4. The molecule has 112 valence electrons. The predicted octanol–water partition coefficient (Wildman–Crippen LogP) is 5.10. The summed E-state index contributed by atoms with van der Waals surface area (Å²) in [6.07, 6.45) is 0.760. The lowest BCUT2D eigenvalue weighted by atomic mass is 9.94. The molecule has 1 atom stereocenters. The molecule has 1 N–H and O–H groups in total. The van der Waals surface area contributed by atoms with E-state index in [9.17, 15) is 4.39 Å². The third kappa shape index (κ3) is 4.14. The quantitative estimate of drug-likeness (QED) is 0.791. The Bertz CT molecular complexity index is 625. The van der Waals surface area contributed by atoms with Gasteiger partial charge in [-0.25, -0.2) is 4.39 Å². The van der Waals surface area contributed by atoms with E-state index >= 15 is 0 Å². The van der Waals surface area contributed by atoms with Crippen molar-refractivity contribution >= 4 is 15.9 Å². The van der Waals surface area contributed by atoms with Crippen LogP contribution in [0.2, 0.25) is 0 Å². The highest BCUT2D eigenvalue weighted by Gasteiger charge is 2.15. The molecule has 0 saturated heterocycles. The third-order valence-corrected chi connectivity index (χ3v) is 4.46. The Morgan fingerprint density at radius 3 is 2.57 bits per heavy atom. The van der Waals surface area contributed by atoms with Crippen LogP contribution >= 0.6 is 15.9 Å². The van der Waals surface area contributed by atoms with Gasteiger partial charge in [0.25, 0.3) is 0 Å². The van der Waals surface area contributed by atoms with Crippen LogP contribution in [-0.4, -0.2) is 6.54 Å². The normalized spacial score (nSPS) is 12.4. The molecule has 0 fully saturated rings. The molecule has 0 radical (unpaired) electrons. The van der Waals surface area contributed by atoms with Crippen LogP contribution in [0.4, 0.5) is 4.39 Å². The van der Waals surface area contributed by atoms with Crippen molar-refractivity contribution in [3.05, 3.63) is 68.9 Å². The van der Waals surface area contributed by atoms with Crippen molar-refractivity contribution in [2.75, 3.05) is 6.54 Å². The summed E-state index contributed by atoms with van der Waals surface area (Å²) in [4.78, 5) is 0. The maximum atomic E-state index is 13.5. The van der Waals surface area contributed by atoms with Crippen LogP contribution in [0.15, 0.2) is 40.9 Å². The number of halogens is 2. The Morgan fingerprint density at radius 1 is 1.14 bits per heavy atom. The summed E-state index contributed by atoms with van der Waals surface area (Å²) in [5, 5.41) is 3.51. The number of hydrogen-bond donors (Lipinski definition) is 1. The minimum Gasteiger partial charge on any atom is -0.310 e. The van der Waals surface area contributed by atoms with Gasteiger partial charge in [0, 0.05) is 10.5 Å². The fourth-order valence-electron chi connectivity index (χ4n) is 2.67. The van der Waals surface area contributed by atoms with Crippen molar-refractivity contribution in [2.24, 2.45) is 0 Å². The molecule has 0 saturated carbocycles. The molecule has 0 amide bonds. The van der Waals surface area contributed by atoms with E-state index < -0.39 is 0 Å². The summed E-state index contributed by atoms with van der Waals surface area (Å²) in [6, 6.07) is 11.5. The molecule has 0 spiro atoms. The molecular weight excluding hydrogens is 329 g/mol. The first-order valence-electron chi connectivity index (χ1n) is 7.25. The molecule has 0 bridgehead atoms. The first-order valence-corrected chi connectivity index (χ1v) is 8.05. The zero-order valence-electron chi connectivity index (χ0n) is 12.7. The van der Waals surface area contributed by atoms with Crippen LogP contribution in [-0.2, 0) is 6.42 Å². The maximum Gasteiger partial charge on any atom is 0.123 e. The molecule has 0 aromatic heterocycles. The van der Waals surface area contributed by atoms with E-state index in [-0.39, 0.29) is 11.9 Å². The second kappa shape index (κ2) is 7.19. The number of rotatable bonds is 5. The molecule has 0 aliphatic heterocycles. The topological polar surface area (TPSA) is 12.0 Å². The van der Waals surface area contributed by atoms with E-state index in [4.69, 9.17) is 0 Å². The average molecular weight is 350 g/mol. The number of hydrogen-bond acceptors (Lipinski definition) is 1. The Hall–Kier alpha value is -1.19. The minimum atomic E-state index is -0.191. The van der Waals surface area contributed by atoms with Crippen molar-refractivity contribution in [2.45, 2.75) is 33.2 Å². The summed E-state index contributed by atoms with van der Waals surface area (Å²) >= 11 is 3.52. The molecule has 1 unspecified atom stereocenters. The van der Waals surface area contributed by atoms with Crippen molar-refractivity contribution in [1.29, 1.82) is 0 Å². The van der Waals surface area contributed by atoms with Gasteiger partial charge >= 0.3 is 0 Å². The van der Waals surface area contributed by atoms with E-state index in [1.54, 1.807) is 12.1 Å². The smallest absolute Gasteiger partial charge is 0.123 e. The van der Waals surface area contributed by atoms with Crippen LogP contribution in [0.1, 0.15) is 35.2 Å². The number of nitrogens with one attached hydrogen (secondary N) is 1. The van der Waals surface area contributed by atoms with Crippen molar-refractivity contribution in [3.63, 3.8) is 0 Å². The highest BCUT2D eigenvalue weighted by molar-refractivity contribution is 9.10. The molecule has 2 aromatic rings. The minimum absolute atomic E-state index is 0.189. The highest BCUT2D eigenvalue weighted by Crippen LogP contribution is 2.27. The van der Waals surface area contributed by atoms with Gasteiger partial charge < -0.3 is 5.32 Å². The predicted molar refractivity (Wildman–Crippen MR) is 90.1 cm³/mol. The van der Waals surface area contributed by atoms with Gasteiger partial charge in [0.15, 0.2) is 0 Å². The molecule has 1 nitrogen and oxygen atoms in total. The standard InChI is InChI=1S/C18H21BrFN/c1-4-21-18(16-7-5-12(2)9-13(16)3)11-14-10-15(20)6-8-17(14)19/h5-10,18,21H,4,11H2,1-3H3. The van der Waals surface area contributed by atoms with Crippen molar-refractivity contribution < 1.29 is 4.39 Å². The molecule has 21 heavy (non-hydrogen) atoms. The monoisotopic (exact) mass is 349 g/mol. The van der Waals surface area contributed by atoms with Gasteiger partial charge in [0.2, 0.25) is 0 Å². The zero-order valence-corrected chi connectivity index (χ0v) is 14.3. The van der Waals surface area contributed by atoms with E-state index in [0.717, 1.165) is 23.0 Å². The molecule has 0 heterocycles. The Labute approximate surface area is 134 Å². The molecule has 2 rings (SSSR count). The molecule has 3 heteroatoms. The first kappa shape index (κ1) is 16.2. The van der Waals surface area contributed by atoms with Gasteiger partial charge in [-0.05, 0) is 61.7 Å². The average Bonchev–Trinajstić information content (AvgIpc) is 2.42. The fraction of sp³-hybridized carbons (Fsp3) is 0.333. The molecule has 2 aromatic carbocycles. The molecule has 0 aliphatic rings. The summed E-state index contributed by atoms with van der Waals surface area (Å²) in [7, 11) is 0. The highest BCUT2D eigenvalue weighted by atomic mass is 79.9. The summed E-state index contributed by atoms with van der Waals surface area (Å²) in [6.45, 7) is 7.21. The van der Waals surface area contributed by atoms with Gasteiger partial charge in [0.1, 0.15) is 5.82 Å². The first-order chi connectivity index (χ1) is 10.0. The van der Waals surface area contributed by atoms with Gasteiger partial charge in [-0.2, -0.15) is 0 Å². The van der Waals surface area contributed by atoms with Gasteiger partial charge in [-0.15, -0.1) is 0 Å². The van der Waals surface area contributed by atoms with Gasteiger partial charge in [0.05, 0.1) is 0 Å². The maximum absolute atomic E-state index is 13.5. The lowest BCUT2D eigenvalue weighted by Gasteiger charge is -2.21. The van der Waals surface area contributed by atoms with Crippen molar-refractivity contribution in [3.8, 4) is 0 Å². The molecule has 0 aliphatic carbocycles. The van der Waals surface area contributed by atoms with E-state index in [0.29, 0.717) is 0 Å².